The molecule has 0 radical (unpaired) electrons. The number of amides is 1. The largest absolute Gasteiger partial charge is 0.325 e. The first-order chi connectivity index (χ1) is 11.1. The molecule has 0 aliphatic carbocycles. The Morgan fingerprint density at radius 3 is 2.71 bits per heavy atom. The molecular formula is C14H17N3O5S2. The van der Waals surface area contributed by atoms with Crippen molar-refractivity contribution in [1.29, 1.82) is 5.26 Å². The van der Waals surface area contributed by atoms with E-state index in [0.29, 0.717) is 11.3 Å². The summed E-state index contributed by atoms with van der Waals surface area (Å²) >= 11 is 0. The third-order valence-electron chi connectivity index (χ3n) is 3.62. The Morgan fingerprint density at radius 2 is 2.17 bits per heavy atom. The van der Waals surface area contributed by atoms with Crippen LogP contribution in [0, 0.1) is 11.3 Å². The van der Waals surface area contributed by atoms with Crippen LogP contribution in [0.2, 0.25) is 0 Å². The number of carbonyl (C=O) groups is 1. The molecule has 130 valence electrons. The van der Waals surface area contributed by atoms with Crippen LogP contribution in [0.3, 0.4) is 0 Å². The molecule has 0 saturated carbocycles. The normalized spacial score (nSPS) is 19.8. The maximum Gasteiger partial charge on any atom is 0.239 e. The summed E-state index contributed by atoms with van der Waals surface area (Å²) in [6.07, 6.45) is 1.12. The topological polar surface area (TPSA) is 124 Å². The number of rotatable bonds is 5. The second-order valence-corrected chi connectivity index (χ2v) is 9.77. The van der Waals surface area contributed by atoms with E-state index in [4.69, 9.17) is 5.26 Å². The molecule has 1 aliphatic rings. The second kappa shape index (κ2) is 6.88. The minimum Gasteiger partial charge on any atom is -0.325 e. The number of hydrogen-bond donors (Lipinski definition) is 1. The highest BCUT2D eigenvalue weighted by molar-refractivity contribution is 7.92. The maximum atomic E-state index is 12.1. The van der Waals surface area contributed by atoms with Gasteiger partial charge in [0.2, 0.25) is 15.9 Å². The molecular weight excluding hydrogens is 354 g/mol. The molecule has 0 aromatic heterocycles. The summed E-state index contributed by atoms with van der Waals surface area (Å²) in [5.74, 6) is -0.966. The van der Waals surface area contributed by atoms with E-state index < -0.39 is 38.4 Å². The molecule has 0 bridgehead atoms. The molecule has 10 heteroatoms. The molecule has 1 heterocycles. The maximum absolute atomic E-state index is 12.1. The lowest BCUT2D eigenvalue weighted by atomic mass is 10.2. The molecule has 1 aromatic carbocycles. The fraction of sp³-hybridized carbons (Fsp3) is 0.429. The smallest absolute Gasteiger partial charge is 0.239 e. The van der Waals surface area contributed by atoms with Crippen LogP contribution in [-0.4, -0.2) is 57.4 Å². The van der Waals surface area contributed by atoms with Crippen molar-refractivity contribution in [2.75, 3.05) is 29.6 Å². The van der Waals surface area contributed by atoms with E-state index in [1.54, 1.807) is 18.2 Å². The predicted molar refractivity (Wildman–Crippen MR) is 88.4 cm³/mol. The molecule has 1 saturated heterocycles. The molecule has 1 atom stereocenters. The lowest BCUT2D eigenvalue weighted by Gasteiger charge is -2.24. The van der Waals surface area contributed by atoms with Crippen molar-refractivity contribution in [2.24, 2.45) is 0 Å². The highest BCUT2D eigenvalue weighted by atomic mass is 32.2. The SMILES string of the molecule is CS(=O)(=O)N(CC(=O)Nc1cccc(C#N)c1)C1CCS(=O)(=O)C1. The number of carbonyl (C=O) groups excluding carboxylic acids is 1. The van der Waals surface area contributed by atoms with Crippen molar-refractivity contribution in [1.82, 2.24) is 4.31 Å². The molecule has 1 unspecified atom stereocenters. The molecule has 1 N–H and O–H groups in total. The summed E-state index contributed by atoms with van der Waals surface area (Å²) in [5, 5.41) is 11.4. The summed E-state index contributed by atoms with van der Waals surface area (Å²) in [6.45, 7) is -0.476. The fourth-order valence-electron chi connectivity index (χ4n) is 2.53. The molecule has 1 amide bonds. The number of anilines is 1. The summed E-state index contributed by atoms with van der Waals surface area (Å²) in [7, 11) is -7.02. The van der Waals surface area contributed by atoms with Gasteiger partial charge in [-0.25, -0.2) is 16.8 Å². The standard InChI is InChI=1S/C14H17N3O5S2/c1-23(19,20)17(13-5-6-24(21,22)10-13)9-14(18)16-12-4-2-3-11(7-12)8-15/h2-4,7,13H,5-6,9-10H2,1H3,(H,16,18). The second-order valence-electron chi connectivity index (χ2n) is 5.61. The van der Waals surface area contributed by atoms with Crippen molar-refractivity contribution in [3.63, 3.8) is 0 Å². The van der Waals surface area contributed by atoms with E-state index in [9.17, 15) is 21.6 Å². The molecule has 1 fully saturated rings. The Hall–Kier alpha value is -1.96. The van der Waals surface area contributed by atoms with Crippen LogP contribution in [-0.2, 0) is 24.7 Å². The lowest BCUT2D eigenvalue weighted by Crippen LogP contribution is -2.44. The van der Waals surface area contributed by atoms with Crippen LogP contribution in [0.25, 0.3) is 0 Å². The van der Waals surface area contributed by atoms with Crippen molar-refractivity contribution >= 4 is 31.5 Å². The molecule has 8 nitrogen and oxygen atoms in total. The van der Waals surface area contributed by atoms with E-state index in [2.05, 4.69) is 5.32 Å². The number of nitrogens with one attached hydrogen (secondary N) is 1. The van der Waals surface area contributed by atoms with Gasteiger partial charge in [0.15, 0.2) is 9.84 Å². The van der Waals surface area contributed by atoms with E-state index in [1.807, 2.05) is 6.07 Å². The molecule has 2 rings (SSSR count). The van der Waals surface area contributed by atoms with Crippen molar-refractivity contribution < 1.29 is 21.6 Å². The summed E-state index contributed by atoms with van der Waals surface area (Å²) in [4.78, 5) is 12.1. The van der Waals surface area contributed by atoms with Gasteiger partial charge in [0.1, 0.15) is 0 Å². The monoisotopic (exact) mass is 371 g/mol. The highest BCUT2D eigenvalue weighted by Crippen LogP contribution is 2.20. The molecule has 24 heavy (non-hydrogen) atoms. The molecule has 0 spiro atoms. The Bertz CT molecular complexity index is 887. The molecule has 1 aromatic rings. The quantitative estimate of drug-likeness (QED) is 0.773. The summed E-state index contributed by atoms with van der Waals surface area (Å²) in [5.41, 5.74) is 0.723. The van der Waals surface area contributed by atoms with Crippen LogP contribution in [0.1, 0.15) is 12.0 Å². The Balaban J connectivity index is 2.12. The van der Waals surface area contributed by atoms with E-state index >= 15 is 0 Å². The third-order valence-corrected chi connectivity index (χ3v) is 6.65. The van der Waals surface area contributed by atoms with E-state index in [0.717, 1.165) is 10.6 Å². The Morgan fingerprint density at radius 1 is 1.46 bits per heavy atom. The number of sulfone groups is 1. The van der Waals surface area contributed by atoms with Gasteiger partial charge < -0.3 is 5.32 Å². The minimum atomic E-state index is -3.74. The van der Waals surface area contributed by atoms with Gasteiger partial charge in [-0.1, -0.05) is 6.07 Å². The number of sulfonamides is 1. The van der Waals surface area contributed by atoms with Crippen molar-refractivity contribution in [3.8, 4) is 6.07 Å². The van der Waals surface area contributed by atoms with Crippen LogP contribution < -0.4 is 5.32 Å². The van der Waals surface area contributed by atoms with Crippen LogP contribution >= 0.6 is 0 Å². The van der Waals surface area contributed by atoms with Gasteiger partial charge >= 0.3 is 0 Å². The minimum absolute atomic E-state index is 0.0878. The third kappa shape index (κ3) is 4.77. The lowest BCUT2D eigenvalue weighted by molar-refractivity contribution is -0.116. The molecule has 1 aliphatic heterocycles. The van der Waals surface area contributed by atoms with Crippen molar-refractivity contribution in [2.45, 2.75) is 12.5 Å². The van der Waals surface area contributed by atoms with Gasteiger partial charge in [-0.3, -0.25) is 4.79 Å². The van der Waals surface area contributed by atoms with E-state index in [1.165, 1.54) is 6.07 Å². The zero-order valence-corrected chi connectivity index (χ0v) is 14.6. The summed E-state index contributed by atoms with van der Waals surface area (Å²) < 4.78 is 47.9. The predicted octanol–water partition coefficient (Wildman–Crippen LogP) is -0.0545. The zero-order valence-electron chi connectivity index (χ0n) is 13.0. The first-order valence-corrected chi connectivity index (χ1v) is 10.7. The first-order valence-electron chi connectivity index (χ1n) is 7.08. The first kappa shape index (κ1) is 18.4. The number of benzene rings is 1. The number of nitriles is 1. The highest BCUT2D eigenvalue weighted by Gasteiger charge is 2.37. The van der Waals surface area contributed by atoms with Crippen LogP contribution in [0.15, 0.2) is 24.3 Å². The van der Waals surface area contributed by atoms with Crippen LogP contribution in [0.4, 0.5) is 5.69 Å². The average molecular weight is 371 g/mol. The number of hydrogen-bond acceptors (Lipinski definition) is 6. The van der Waals surface area contributed by atoms with Gasteiger partial charge in [0.05, 0.1) is 35.9 Å². The number of nitrogens with zero attached hydrogens (tertiary/aromatic N) is 2. The zero-order chi connectivity index (χ0) is 18.0. The average Bonchev–Trinajstić information content (AvgIpc) is 2.83. The van der Waals surface area contributed by atoms with Crippen LogP contribution in [0.5, 0.6) is 0 Å². The van der Waals surface area contributed by atoms with Gasteiger partial charge in [-0.15, -0.1) is 0 Å². The van der Waals surface area contributed by atoms with Gasteiger partial charge in [0, 0.05) is 11.7 Å². The van der Waals surface area contributed by atoms with Gasteiger partial charge in [-0.2, -0.15) is 9.57 Å². The Kier molecular flexibility index (Phi) is 5.27. The fourth-order valence-corrected chi connectivity index (χ4v) is 5.43. The van der Waals surface area contributed by atoms with Crippen molar-refractivity contribution in [3.05, 3.63) is 29.8 Å². The van der Waals surface area contributed by atoms with Gasteiger partial charge in [-0.05, 0) is 24.6 Å². The summed E-state index contributed by atoms with van der Waals surface area (Å²) in [6, 6.07) is 7.39. The van der Waals surface area contributed by atoms with Gasteiger partial charge in [0.25, 0.3) is 0 Å². The van der Waals surface area contributed by atoms with E-state index in [-0.39, 0.29) is 17.9 Å². The Labute approximate surface area is 141 Å².